The van der Waals surface area contributed by atoms with Crippen LogP contribution in [-0.2, 0) is 132 Å². The predicted octanol–water partition coefficient (Wildman–Crippen LogP) is 13.6. The minimum atomic E-state index is -3.37. The second kappa shape index (κ2) is 45.2. The Labute approximate surface area is 843 Å². The van der Waals surface area contributed by atoms with E-state index in [0.29, 0.717) is 153 Å². The summed E-state index contributed by atoms with van der Waals surface area (Å²) in [5.41, 5.74) is 2.45. The molecule has 33 nitrogen and oxygen atoms in total. The molecule has 6 aromatic rings. The topological polar surface area (TPSA) is 388 Å². The fourth-order valence-corrected chi connectivity index (χ4v) is 22.6. The molecule has 20 atom stereocenters. The first-order valence-electron chi connectivity index (χ1n) is 48.8. The Balaban J connectivity index is 0.000000198. The maximum absolute atomic E-state index is 16.1. The number of halogens is 2. The number of alkyl carbamates (subject to hydrolysis) is 3. The van der Waals surface area contributed by atoms with Gasteiger partial charge in [-0.2, -0.15) is 8.78 Å². The van der Waals surface area contributed by atoms with E-state index in [4.69, 9.17) is 76.8 Å². The van der Waals surface area contributed by atoms with E-state index in [1.54, 1.807) is 32.4 Å². The first kappa shape index (κ1) is 105. The standard InChI is InChI=1S/C34H41F2N4O7.C34H45N4O7.C32H41N4O7.3V.3H2/c1-4-20-25(15-41)40-14-27(20)46-30-28(37-23-9-8-19(44-3)13-24(23)38-30)34(35,36)10-6-5-7-21-22-11-18(22)12-26(21)47-32(43)39-29(31(40)42)33(2)16-45-17-33;1-21-27(20-39)38-19-29(21)44-31-25(35-24-13-12-23(42-3)18-26(24)36-31)10-6-4-5-8-22-9-7-11-28(22)45-33(41)37-30(32(38)40)34(2)14-16-43-17-15-34;1-19-25(18-37)36-17-27(19)42-29-23(33-22-10-9-21(40-3)16-24(22)34-29)8-6-4-5-7-20-15-26(20)43-31(39)35-28(30(36)38)32(2)11-13-41-14-12-32;;;;;;/h8-9,13,18,20-22,25-27,29H,4-7,10-12,14,16-17H2,1-3H3,(H,39,43);12-13,18,21-22,27-30H,4-11,14-17,19H2,1-3H3,(H,37,41);9-10,16,19-20,25-28H,4-8,11-15,17H2,1-3H3,(H,35,39);;;;3*1H/q3*-1;;;;;;/t18?,20-,21+,22?,25+,26+,27-,29+;21-,22+,27+,28+,29-,30+;19-,20+,25+,26+,27-,28+;;;;;;/m000....../s1. The number of nitrogens with one attached hydrogen (secondary N) is 3. The van der Waals surface area contributed by atoms with E-state index in [-0.39, 0.29) is 158 Å². The van der Waals surface area contributed by atoms with Gasteiger partial charge in [-0.1, -0.05) is 98.2 Å². The van der Waals surface area contributed by atoms with Crippen LogP contribution in [0.15, 0.2) is 54.6 Å². The van der Waals surface area contributed by atoms with Crippen molar-refractivity contribution in [1.82, 2.24) is 60.6 Å². The van der Waals surface area contributed by atoms with Gasteiger partial charge >= 0.3 is 18.3 Å². The number of hydrogen-bond acceptors (Lipinski definition) is 27. The molecule has 3 radical (unpaired) electrons. The molecule has 2 unspecified atom stereocenters. The van der Waals surface area contributed by atoms with Crippen molar-refractivity contribution < 1.29 is 169 Å². The molecule has 10 fully saturated rings. The molecule has 38 heteroatoms. The molecule has 3 aromatic carbocycles. The number of carbonyl (C=O) groups is 6. The number of nitrogens with zero attached hydrogens (tertiary/aromatic N) is 9. The molecule has 3 N–H and O–H groups in total. The molecular weight excluding hydrogens is 1900 g/mol. The second-order valence-electron chi connectivity index (χ2n) is 40.4. The molecule has 138 heavy (non-hydrogen) atoms. The molecule has 6 saturated heterocycles. The normalized spacial score (nSPS) is 31.7. The van der Waals surface area contributed by atoms with Crippen molar-refractivity contribution >= 4 is 88.0 Å². The zero-order valence-corrected chi connectivity index (χ0v) is 84.2. The van der Waals surface area contributed by atoms with Crippen LogP contribution in [0, 0.1) is 63.6 Å². The van der Waals surface area contributed by atoms with Crippen molar-refractivity contribution in [3.05, 3.63) is 71.7 Å². The fraction of sp³-hybridized carbons (Fsp3) is 0.670. The number of amides is 6. The number of benzene rings is 3. The van der Waals surface area contributed by atoms with Gasteiger partial charge in [0.05, 0.1) is 87.3 Å². The Bertz CT molecular complexity index is 5370. The van der Waals surface area contributed by atoms with E-state index < -0.39 is 119 Å². The van der Waals surface area contributed by atoms with Crippen LogP contribution in [0.2, 0.25) is 0 Å². The number of aromatic nitrogens is 6. The Morgan fingerprint density at radius 1 is 0.420 bits per heavy atom. The third-order valence-corrected chi connectivity index (χ3v) is 31.4. The van der Waals surface area contributed by atoms with Crippen molar-refractivity contribution in [3.63, 3.8) is 0 Å². The smallest absolute Gasteiger partial charge is 0.408 e. The zero-order chi connectivity index (χ0) is 94.8. The van der Waals surface area contributed by atoms with Crippen molar-refractivity contribution in [2.24, 2.45) is 63.6 Å². The molecule has 4 aliphatic carbocycles. The van der Waals surface area contributed by atoms with Gasteiger partial charge in [-0.05, 0) is 199 Å². The van der Waals surface area contributed by atoms with Crippen LogP contribution in [0.5, 0.6) is 34.9 Å². The first-order chi connectivity index (χ1) is 65.1. The Morgan fingerprint density at radius 3 is 1.31 bits per heavy atom. The van der Waals surface area contributed by atoms with E-state index in [9.17, 15) is 43.2 Å². The van der Waals surface area contributed by atoms with Gasteiger partial charge < -0.3 is 102 Å². The van der Waals surface area contributed by atoms with Gasteiger partial charge in [0.1, 0.15) is 83.4 Å². The minimum absolute atomic E-state index is 0. The summed E-state index contributed by atoms with van der Waals surface area (Å²) >= 11 is 0. The van der Waals surface area contributed by atoms with Crippen molar-refractivity contribution in [1.29, 1.82) is 0 Å². The molecule has 6 bridgehead atoms. The van der Waals surface area contributed by atoms with Crippen LogP contribution < -0.4 is 44.4 Å². The van der Waals surface area contributed by atoms with Gasteiger partial charge in [-0.15, -0.1) is 0 Å². The Hall–Kier alpha value is -8.80. The number of carbonyl (C=O) groups excluding carboxylic acids is 9. The van der Waals surface area contributed by atoms with Crippen LogP contribution in [-0.4, -0.2) is 253 Å². The summed E-state index contributed by atoms with van der Waals surface area (Å²) in [7, 11) is 4.71. The van der Waals surface area contributed by atoms with Gasteiger partial charge in [-0.3, -0.25) is 14.4 Å². The summed E-state index contributed by atoms with van der Waals surface area (Å²) in [6.45, 7) is 14.1. The number of alkyl halides is 2. The van der Waals surface area contributed by atoms with E-state index in [0.717, 1.165) is 112 Å². The molecule has 13 aliphatic rings. The quantitative estimate of drug-likeness (QED) is 0.0847. The Kier molecular flexibility index (Phi) is 34.4. The number of aryl methyl sites for hydroxylation is 2. The Morgan fingerprint density at radius 2 is 0.841 bits per heavy atom. The van der Waals surface area contributed by atoms with Gasteiger partial charge in [0, 0.05) is 127 Å². The van der Waals surface area contributed by atoms with Gasteiger partial charge in [0.25, 0.3) is 5.92 Å². The zero-order valence-electron chi connectivity index (χ0n) is 80.0. The summed E-state index contributed by atoms with van der Waals surface area (Å²) < 4.78 is 102. The first-order valence-corrected chi connectivity index (χ1v) is 48.8. The van der Waals surface area contributed by atoms with Gasteiger partial charge in [0.2, 0.25) is 35.4 Å². The molecule has 9 aliphatic heterocycles. The number of hydrogen-bond donors (Lipinski definition) is 3. The van der Waals surface area contributed by atoms with E-state index >= 15 is 8.78 Å². The second-order valence-corrected chi connectivity index (χ2v) is 40.4. The van der Waals surface area contributed by atoms with Gasteiger partial charge in [0.15, 0.2) is 5.69 Å². The van der Waals surface area contributed by atoms with Crippen LogP contribution >= 0.6 is 0 Å². The van der Waals surface area contributed by atoms with E-state index in [2.05, 4.69) is 38.5 Å². The van der Waals surface area contributed by atoms with E-state index in [1.807, 2.05) is 84.2 Å². The number of ether oxygens (including phenoxy) is 12. The van der Waals surface area contributed by atoms with Crippen molar-refractivity contribution in [3.8, 4) is 34.9 Å². The number of fused-ring (bicyclic) bond motifs is 17. The maximum atomic E-state index is 16.1. The van der Waals surface area contributed by atoms with E-state index in [1.165, 1.54) is 21.8 Å². The summed E-state index contributed by atoms with van der Waals surface area (Å²) in [5.74, 6) is -1.96. The van der Waals surface area contributed by atoms with Crippen LogP contribution in [0.3, 0.4) is 0 Å². The molecule has 4 saturated carbocycles. The molecular formula is C100H133F2N12O21V3-3. The molecule has 751 valence electrons. The third-order valence-electron chi connectivity index (χ3n) is 31.4. The summed E-state index contributed by atoms with van der Waals surface area (Å²) in [5, 5.41) is 8.72. The summed E-state index contributed by atoms with van der Waals surface area (Å²) in [4.78, 5) is 153. The minimum Gasteiger partial charge on any atom is -0.540 e. The van der Waals surface area contributed by atoms with Crippen LogP contribution in [0.25, 0.3) is 33.1 Å². The average molecular weight is 2030 g/mol. The van der Waals surface area contributed by atoms with Gasteiger partial charge in [-0.25, -0.2) is 63.1 Å². The fourth-order valence-electron chi connectivity index (χ4n) is 22.6. The third kappa shape index (κ3) is 22.8. The number of rotatable bonds is 10. The van der Waals surface area contributed by atoms with Crippen LogP contribution in [0.4, 0.5) is 23.2 Å². The molecule has 19 rings (SSSR count). The molecule has 12 heterocycles. The molecule has 6 amide bonds. The SMILES string of the molecule is CC[C@@H]1[C@@H]2CN(C(=O)[C@H](C3(C)COC3)NC(=O)O[C@@H]3CC4CC4[C@H]3CCCCC(F)(F)c3nc4ccc(OC)cc4nc3O2)[C@@H]1[C-]=O.COc1ccc2nc3c(nc2c1)O[C@H]1CN(C(=O)[C@H](C2(C)CCOCC2)NC(=O)O[C@@H]2CCC[C@H]2CCCCC3)[C@H]([C-]=O)[C@@H]1C.COc1ccc2nc3c(nc2c1)O[C@H]1CN(C(=O)[C@H](C2(C)CCOCC2)NC(=O)O[C@@H]2C[C@H]2CCCCC3)[C@H]([C-]=O)[C@@H]1C.[HH].[HH].[HH].[V].[V].[V]. The average Bonchev–Trinajstić information content (AvgIpc) is 1.59. The summed E-state index contributed by atoms with van der Waals surface area (Å²) in [6.07, 6.45) is 20.1. The maximum Gasteiger partial charge on any atom is 0.408 e. The predicted molar refractivity (Wildman–Crippen MR) is 492 cm³/mol. The molecule has 0 spiro atoms. The van der Waals surface area contributed by atoms with Crippen LogP contribution in [0.1, 0.15) is 211 Å². The summed E-state index contributed by atoms with van der Waals surface area (Å²) in [6, 6.07) is 10.4. The number of methoxy groups -OCH3 is 3. The largest absolute Gasteiger partial charge is 0.540 e. The molecule has 3 aromatic heterocycles. The van der Waals surface area contributed by atoms with Crippen molar-refractivity contribution in [2.75, 3.05) is 80.6 Å². The monoisotopic (exact) mass is 2030 g/mol. The van der Waals surface area contributed by atoms with Crippen molar-refractivity contribution in [2.45, 2.75) is 281 Å².